The van der Waals surface area contributed by atoms with Gasteiger partial charge < -0.3 is 24.4 Å². The highest BCUT2D eigenvalue weighted by molar-refractivity contribution is 5.26. The van der Waals surface area contributed by atoms with Gasteiger partial charge in [0.05, 0.1) is 25.9 Å². The first-order chi connectivity index (χ1) is 9.10. The maximum absolute atomic E-state index is 9.74. The lowest BCUT2D eigenvalue weighted by molar-refractivity contribution is -0.254. The second-order valence-corrected chi connectivity index (χ2v) is 4.73. The van der Waals surface area contributed by atoms with Crippen LogP contribution in [0.4, 0.5) is 0 Å². The summed E-state index contributed by atoms with van der Waals surface area (Å²) in [6.45, 7) is 2.09. The summed E-state index contributed by atoms with van der Waals surface area (Å²) in [4.78, 5) is 0. The van der Waals surface area contributed by atoms with E-state index in [1.807, 2.05) is 24.3 Å². The summed E-state index contributed by atoms with van der Waals surface area (Å²) in [6.07, 6.45) is -2.09. The van der Waals surface area contributed by atoms with Crippen molar-refractivity contribution in [2.24, 2.45) is 0 Å². The molecule has 1 aromatic carbocycles. The van der Waals surface area contributed by atoms with Crippen LogP contribution in [0.25, 0.3) is 0 Å². The highest BCUT2D eigenvalue weighted by Gasteiger charge is 2.34. The van der Waals surface area contributed by atoms with Crippen LogP contribution < -0.4 is 4.74 Å². The minimum Gasteiger partial charge on any atom is -0.497 e. The van der Waals surface area contributed by atoms with Crippen molar-refractivity contribution in [1.82, 2.24) is 0 Å². The number of methoxy groups -OCH3 is 1. The quantitative estimate of drug-likeness (QED) is 0.855. The topological polar surface area (TPSA) is 68.2 Å². The Morgan fingerprint density at radius 2 is 1.95 bits per heavy atom. The van der Waals surface area contributed by atoms with Gasteiger partial charge in [-0.05, 0) is 24.6 Å². The highest BCUT2D eigenvalue weighted by atomic mass is 16.6. The van der Waals surface area contributed by atoms with Crippen molar-refractivity contribution in [3.63, 3.8) is 0 Å². The van der Waals surface area contributed by atoms with Gasteiger partial charge in [-0.2, -0.15) is 0 Å². The molecule has 1 aliphatic rings. The zero-order valence-corrected chi connectivity index (χ0v) is 11.2. The van der Waals surface area contributed by atoms with Gasteiger partial charge in [0.15, 0.2) is 6.29 Å². The van der Waals surface area contributed by atoms with Gasteiger partial charge in [-0.3, -0.25) is 0 Å². The molecule has 1 fully saturated rings. The summed E-state index contributed by atoms with van der Waals surface area (Å²) in [5.41, 5.74) is 0.973. The molecule has 0 radical (unpaired) electrons. The van der Waals surface area contributed by atoms with E-state index in [-0.39, 0.29) is 6.10 Å². The third-order valence-corrected chi connectivity index (χ3v) is 3.31. The van der Waals surface area contributed by atoms with Crippen LogP contribution in [0, 0.1) is 0 Å². The smallest absolute Gasteiger partial charge is 0.181 e. The molecule has 0 bridgehead atoms. The minimum atomic E-state index is -0.989. The van der Waals surface area contributed by atoms with E-state index >= 15 is 0 Å². The Hall–Kier alpha value is -1.14. The fourth-order valence-corrected chi connectivity index (χ4v) is 2.02. The maximum atomic E-state index is 9.74. The lowest BCUT2D eigenvalue weighted by Crippen LogP contribution is -2.46. The second kappa shape index (κ2) is 6.34. The number of hydrogen-bond donors (Lipinski definition) is 2. The molecule has 0 amide bonds. The van der Waals surface area contributed by atoms with E-state index in [9.17, 15) is 10.2 Å². The lowest BCUT2D eigenvalue weighted by Gasteiger charge is -2.35. The summed E-state index contributed by atoms with van der Waals surface area (Å²) in [7, 11) is 1.61. The van der Waals surface area contributed by atoms with E-state index in [1.54, 1.807) is 14.0 Å². The fourth-order valence-electron chi connectivity index (χ4n) is 2.02. The molecular weight excluding hydrogens is 248 g/mol. The van der Waals surface area contributed by atoms with Gasteiger partial charge in [-0.25, -0.2) is 0 Å². The van der Waals surface area contributed by atoms with Crippen molar-refractivity contribution >= 4 is 0 Å². The van der Waals surface area contributed by atoms with E-state index in [2.05, 4.69) is 0 Å². The van der Waals surface area contributed by atoms with Crippen LogP contribution in [0.1, 0.15) is 18.9 Å². The first kappa shape index (κ1) is 14.3. The van der Waals surface area contributed by atoms with Crippen LogP contribution in [-0.2, 0) is 16.1 Å². The van der Waals surface area contributed by atoms with Gasteiger partial charge in [0.25, 0.3) is 0 Å². The van der Waals surface area contributed by atoms with Gasteiger partial charge in [0, 0.05) is 6.42 Å². The highest BCUT2D eigenvalue weighted by Crippen LogP contribution is 2.22. The number of aliphatic hydroxyl groups is 2. The predicted molar refractivity (Wildman–Crippen MR) is 68.7 cm³/mol. The van der Waals surface area contributed by atoms with Crippen molar-refractivity contribution in [2.45, 2.75) is 44.6 Å². The molecule has 4 atom stereocenters. The van der Waals surface area contributed by atoms with Crippen LogP contribution in [0.2, 0.25) is 0 Å². The summed E-state index contributed by atoms with van der Waals surface area (Å²) < 4.78 is 15.9. The summed E-state index contributed by atoms with van der Waals surface area (Å²) >= 11 is 0. The van der Waals surface area contributed by atoms with Crippen molar-refractivity contribution in [3.8, 4) is 5.75 Å². The molecular formula is C14H20O5. The van der Waals surface area contributed by atoms with Crippen molar-refractivity contribution < 1.29 is 24.4 Å². The predicted octanol–water partition coefficient (Wildman–Crippen LogP) is 1.07. The molecule has 0 unspecified atom stereocenters. The summed E-state index contributed by atoms with van der Waals surface area (Å²) in [5.74, 6) is 0.786. The Kier molecular flexibility index (Phi) is 4.76. The molecule has 0 aliphatic carbocycles. The van der Waals surface area contributed by atoms with Gasteiger partial charge in [-0.15, -0.1) is 0 Å². The largest absolute Gasteiger partial charge is 0.497 e. The first-order valence-corrected chi connectivity index (χ1v) is 6.36. The van der Waals surface area contributed by atoms with E-state index in [0.29, 0.717) is 13.0 Å². The number of aliphatic hydroxyl groups excluding tert-OH is 2. The first-order valence-electron chi connectivity index (χ1n) is 6.36. The molecule has 106 valence electrons. The summed E-state index contributed by atoms with van der Waals surface area (Å²) in [6, 6.07) is 7.49. The Bertz CT molecular complexity index is 391. The Morgan fingerprint density at radius 3 is 2.58 bits per heavy atom. The summed E-state index contributed by atoms with van der Waals surface area (Å²) in [5, 5.41) is 19.4. The Labute approximate surface area is 112 Å². The van der Waals surface area contributed by atoms with Gasteiger partial charge in [0.2, 0.25) is 0 Å². The van der Waals surface area contributed by atoms with Crippen molar-refractivity contribution in [1.29, 1.82) is 0 Å². The number of ether oxygens (including phenoxy) is 3. The van der Waals surface area contributed by atoms with Crippen LogP contribution in [0.3, 0.4) is 0 Å². The molecule has 0 saturated carbocycles. The van der Waals surface area contributed by atoms with Crippen LogP contribution >= 0.6 is 0 Å². The number of rotatable bonds is 4. The molecule has 2 rings (SSSR count). The average molecular weight is 268 g/mol. The zero-order valence-electron chi connectivity index (χ0n) is 11.2. The van der Waals surface area contributed by atoms with Crippen molar-refractivity contribution in [3.05, 3.63) is 29.8 Å². The number of benzene rings is 1. The van der Waals surface area contributed by atoms with Gasteiger partial charge >= 0.3 is 0 Å². The Balaban J connectivity index is 1.87. The fraction of sp³-hybridized carbons (Fsp3) is 0.571. The monoisotopic (exact) mass is 268 g/mol. The molecule has 1 heterocycles. The molecule has 0 spiro atoms. The Morgan fingerprint density at radius 1 is 1.26 bits per heavy atom. The van der Waals surface area contributed by atoms with Crippen molar-refractivity contribution in [2.75, 3.05) is 7.11 Å². The standard InChI is InChI=1S/C14H20O5/c1-9-12(15)7-13(14(16)19-9)18-8-10-3-5-11(17-2)6-4-10/h3-6,9,12-16H,7-8H2,1-2H3/t9-,12-,13-,14-/m1/s1. The molecule has 1 aliphatic heterocycles. The molecule has 1 aromatic rings. The second-order valence-electron chi connectivity index (χ2n) is 4.73. The van der Waals surface area contributed by atoms with Gasteiger partial charge in [-0.1, -0.05) is 12.1 Å². The molecule has 5 nitrogen and oxygen atoms in total. The SMILES string of the molecule is COc1ccc(CO[C@@H]2C[C@@H](O)[C@@H](C)O[C@H]2O)cc1. The third-order valence-electron chi connectivity index (χ3n) is 3.31. The minimum absolute atomic E-state index is 0.357. The number of hydrogen-bond acceptors (Lipinski definition) is 5. The van der Waals surface area contributed by atoms with E-state index in [4.69, 9.17) is 14.2 Å². The van der Waals surface area contributed by atoms with E-state index < -0.39 is 18.5 Å². The third kappa shape index (κ3) is 3.67. The van der Waals surface area contributed by atoms with Gasteiger partial charge in [0.1, 0.15) is 11.9 Å². The van der Waals surface area contributed by atoms with Crippen LogP contribution in [0.5, 0.6) is 5.75 Å². The normalized spacial score (nSPS) is 31.2. The molecule has 2 N–H and O–H groups in total. The average Bonchev–Trinajstić information content (AvgIpc) is 2.42. The molecule has 19 heavy (non-hydrogen) atoms. The lowest BCUT2D eigenvalue weighted by atomic mass is 10.0. The van der Waals surface area contributed by atoms with E-state index in [0.717, 1.165) is 11.3 Å². The maximum Gasteiger partial charge on any atom is 0.181 e. The van der Waals surface area contributed by atoms with Crippen LogP contribution in [-0.4, -0.2) is 41.9 Å². The zero-order chi connectivity index (χ0) is 13.8. The molecule has 5 heteroatoms. The van der Waals surface area contributed by atoms with Crippen LogP contribution in [0.15, 0.2) is 24.3 Å². The van der Waals surface area contributed by atoms with E-state index in [1.165, 1.54) is 0 Å². The molecule has 1 saturated heterocycles. The molecule has 0 aromatic heterocycles.